The van der Waals surface area contributed by atoms with E-state index in [1.807, 2.05) is 26.0 Å². The molecule has 0 radical (unpaired) electrons. The number of para-hydroxylation sites is 1. The Bertz CT molecular complexity index is 1220. The molecule has 0 saturated heterocycles. The number of rotatable bonds is 5. The first-order chi connectivity index (χ1) is 14.7. The molecule has 0 aliphatic carbocycles. The topological polar surface area (TPSA) is 84.3 Å². The summed E-state index contributed by atoms with van der Waals surface area (Å²) < 4.78 is 15.4. The first kappa shape index (κ1) is 21.9. The first-order valence-corrected chi connectivity index (χ1v) is 9.66. The van der Waals surface area contributed by atoms with Crippen molar-refractivity contribution in [2.45, 2.75) is 20.8 Å². The number of halogens is 1. The Morgan fingerprint density at radius 1 is 1.10 bits per heavy atom. The number of carbonyl (C=O) groups excluding carboxylic acids is 2. The fourth-order valence-electron chi connectivity index (χ4n) is 3.11. The number of benzene rings is 2. The van der Waals surface area contributed by atoms with Gasteiger partial charge in [-0.15, -0.1) is 0 Å². The quantitative estimate of drug-likeness (QED) is 0.685. The predicted octanol–water partition coefficient (Wildman–Crippen LogP) is 3.01. The third kappa shape index (κ3) is 4.69. The maximum Gasteiger partial charge on any atom is 0.278 e. The van der Waals surface area contributed by atoms with E-state index in [2.05, 4.69) is 10.4 Å². The minimum absolute atomic E-state index is 0.115. The lowest BCUT2D eigenvalue weighted by molar-refractivity contribution is -0.116. The lowest BCUT2D eigenvalue weighted by atomic mass is 10.1. The minimum atomic E-state index is -0.730. The van der Waals surface area contributed by atoms with Crippen LogP contribution in [0.2, 0.25) is 0 Å². The highest BCUT2D eigenvalue weighted by atomic mass is 19.1. The van der Waals surface area contributed by atoms with Gasteiger partial charge in [-0.2, -0.15) is 5.10 Å². The van der Waals surface area contributed by atoms with E-state index in [4.69, 9.17) is 0 Å². The van der Waals surface area contributed by atoms with Crippen molar-refractivity contribution in [3.8, 4) is 5.69 Å². The Kier molecular flexibility index (Phi) is 6.29. The molecule has 3 aromatic rings. The molecule has 2 amide bonds. The Morgan fingerprint density at radius 2 is 1.81 bits per heavy atom. The summed E-state index contributed by atoms with van der Waals surface area (Å²) in [5.74, 6) is -1.68. The lowest BCUT2D eigenvalue weighted by Crippen LogP contribution is -2.38. The average molecular weight is 422 g/mol. The van der Waals surface area contributed by atoms with Crippen LogP contribution in [0, 0.1) is 26.6 Å². The van der Waals surface area contributed by atoms with Gasteiger partial charge in [0.25, 0.3) is 5.91 Å². The van der Waals surface area contributed by atoms with Crippen LogP contribution in [-0.2, 0) is 4.79 Å². The average Bonchev–Trinajstić information content (AvgIpc) is 2.72. The number of hydrogen-bond donors (Lipinski definition) is 1. The zero-order valence-electron chi connectivity index (χ0n) is 17.8. The van der Waals surface area contributed by atoms with Crippen LogP contribution in [0.1, 0.15) is 27.3 Å². The van der Waals surface area contributed by atoms with Crippen molar-refractivity contribution in [1.82, 2.24) is 14.7 Å². The molecule has 31 heavy (non-hydrogen) atoms. The van der Waals surface area contributed by atoms with Gasteiger partial charge in [-0.25, -0.2) is 9.07 Å². The summed E-state index contributed by atoms with van der Waals surface area (Å²) in [6, 6.07) is 12.7. The maximum atomic E-state index is 14.2. The molecule has 1 heterocycles. The van der Waals surface area contributed by atoms with Crippen LogP contribution in [0.4, 0.5) is 10.1 Å². The van der Waals surface area contributed by atoms with Crippen molar-refractivity contribution in [3.05, 3.63) is 87.1 Å². The van der Waals surface area contributed by atoms with Crippen LogP contribution in [0.3, 0.4) is 0 Å². The van der Waals surface area contributed by atoms with Crippen LogP contribution in [0.5, 0.6) is 0 Å². The highest BCUT2D eigenvalue weighted by molar-refractivity contribution is 5.98. The van der Waals surface area contributed by atoms with E-state index < -0.39 is 28.8 Å². The molecule has 3 rings (SSSR count). The van der Waals surface area contributed by atoms with E-state index in [1.165, 1.54) is 36.0 Å². The molecule has 160 valence electrons. The van der Waals surface area contributed by atoms with E-state index >= 15 is 0 Å². The third-order valence-electron chi connectivity index (χ3n) is 5.00. The molecule has 1 N–H and O–H groups in total. The van der Waals surface area contributed by atoms with Crippen molar-refractivity contribution in [2.75, 3.05) is 18.9 Å². The summed E-state index contributed by atoms with van der Waals surface area (Å²) in [5, 5.41) is 6.85. The number of nitrogens with one attached hydrogen (secondary N) is 1. The summed E-state index contributed by atoms with van der Waals surface area (Å²) in [5.41, 5.74) is 2.11. The highest BCUT2D eigenvalue weighted by Gasteiger charge is 2.22. The van der Waals surface area contributed by atoms with Gasteiger partial charge in [-0.05, 0) is 50.1 Å². The molecule has 0 unspecified atom stereocenters. The van der Waals surface area contributed by atoms with Crippen LogP contribution in [0.25, 0.3) is 5.69 Å². The van der Waals surface area contributed by atoms with E-state index in [0.29, 0.717) is 11.4 Å². The molecule has 0 bridgehead atoms. The molecule has 1 aromatic heterocycles. The van der Waals surface area contributed by atoms with Gasteiger partial charge in [0.05, 0.1) is 6.54 Å². The summed E-state index contributed by atoms with van der Waals surface area (Å²) >= 11 is 0. The predicted molar refractivity (Wildman–Crippen MR) is 116 cm³/mol. The number of aryl methyl sites for hydroxylation is 2. The van der Waals surface area contributed by atoms with E-state index in [1.54, 1.807) is 19.1 Å². The zero-order valence-corrected chi connectivity index (χ0v) is 17.8. The van der Waals surface area contributed by atoms with Crippen LogP contribution in [0.15, 0.2) is 53.3 Å². The van der Waals surface area contributed by atoms with Crippen molar-refractivity contribution >= 4 is 17.5 Å². The fraction of sp³-hybridized carbons (Fsp3) is 0.217. The van der Waals surface area contributed by atoms with E-state index in [-0.39, 0.29) is 12.2 Å². The molecule has 0 fully saturated rings. The maximum absolute atomic E-state index is 14.2. The normalized spacial score (nSPS) is 10.6. The molecular weight excluding hydrogens is 399 g/mol. The minimum Gasteiger partial charge on any atom is -0.331 e. The largest absolute Gasteiger partial charge is 0.331 e. The fourth-order valence-corrected chi connectivity index (χ4v) is 3.11. The van der Waals surface area contributed by atoms with Crippen molar-refractivity contribution in [1.29, 1.82) is 0 Å². The Morgan fingerprint density at radius 3 is 2.52 bits per heavy atom. The molecule has 0 saturated carbocycles. The molecule has 0 aliphatic heterocycles. The van der Waals surface area contributed by atoms with E-state index in [0.717, 1.165) is 16.0 Å². The van der Waals surface area contributed by atoms with Crippen molar-refractivity contribution in [3.63, 3.8) is 0 Å². The van der Waals surface area contributed by atoms with Crippen LogP contribution < -0.4 is 10.7 Å². The SMILES string of the molecule is Cc1cccc(NC(=O)CN(C)C(=O)c2nn(-c3ccccc3F)c(C)cc2=O)c1C. The van der Waals surface area contributed by atoms with Crippen molar-refractivity contribution < 1.29 is 14.0 Å². The molecule has 7 nitrogen and oxygen atoms in total. The third-order valence-corrected chi connectivity index (χ3v) is 5.00. The summed E-state index contributed by atoms with van der Waals surface area (Å²) in [6.07, 6.45) is 0. The van der Waals surface area contributed by atoms with Crippen molar-refractivity contribution in [2.24, 2.45) is 0 Å². The summed E-state index contributed by atoms with van der Waals surface area (Å²) in [4.78, 5) is 38.8. The highest BCUT2D eigenvalue weighted by Crippen LogP contribution is 2.18. The van der Waals surface area contributed by atoms with Crippen LogP contribution in [-0.4, -0.2) is 40.1 Å². The molecule has 0 aliphatic rings. The first-order valence-electron chi connectivity index (χ1n) is 9.66. The molecular formula is C23H23FN4O3. The van der Waals surface area contributed by atoms with Gasteiger partial charge >= 0.3 is 0 Å². The van der Waals surface area contributed by atoms with Gasteiger partial charge in [0.15, 0.2) is 5.69 Å². The molecule has 2 aromatic carbocycles. The molecule has 0 spiro atoms. The summed E-state index contributed by atoms with van der Waals surface area (Å²) in [6.45, 7) is 5.14. The number of amides is 2. The van der Waals surface area contributed by atoms with Gasteiger partial charge in [0.1, 0.15) is 11.5 Å². The number of hydrogen-bond acceptors (Lipinski definition) is 4. The van der Waals surface area contributed by atoms with Gasteiger partial charge in [0, 0.05) is 24.5 Å². The second-order valence-corrected chi connectivity index (χ2v) is 7.32. The zero-order chi connectivity index (χ0) is 22.7. The lowest BCUT2D eigenvalue weighted by Gasteiger charge is -2.18. The smallest absolute Gasteiger partial charge is 0.278 e. The summed E-state index contributed by atoms with van der Waals surface area (Å²) in [7, 11) is 1.40. The number of likely N-dealkylation sites (N-methyl/N-ethyl adjacent to an activating group) is 1. The van der Waals surface area contributed by atoms with Gasteiger partial charge in [0.2, 0.25) is 11.3 Å². The monoisotopic (exact) mass is 422 g/mol. The number of carbonyl (C=O) groups is 2. The number of anilines is 1. The Labute approximate surface area is 179 Å². The van der Waals surface area contributed by atoms with Gasteiger partial charge in [-0.3, -0.25) is 14.4 Å². The second kappa shape index (κ2) is 8.91. The number of nitrogens with zero attached hydrogens (tertiary/aromatic N) is 3. The number of aromatic nitrogens is 2. The van der Waals surface area contributed by atoms with Gasteiger partial charge in [-0.1, -0.05) is 24.3 Å². The van der Waals surface area contributed by atoms with Gasteiger partial charge < -0.3 is 10.2 Å². The molecule has 8 heteroatoms. The second-order valence-electron chi connectivity index (χ2n) is 7.32. The molecule has 0 atom stereocenters. The standard InChI is InChI=1S/C23H23FN4O3/c1-14-8-7-10-18(16(14)3)25-21(30)13-27(4)23(31)22-20(29)12-15(2)28(26-22)19-11-6-5-9-17(19)24/h5-12H,13H2,1-4H3,(H,25,30). The van der Waals surface area contributed by atoms with E-state index in [9.17, 15) is 18.8 Å². The van der Waals surface area contributed by atoms with Crippen LogP contribution >= 0.6 is 0 Å². The Balaban J connectivity index is 1.83. The Hall–Kier alpha value is -3.81.